The number of ether oxygens (including phenoxy) is 1. The first kappa shape index (κ1) is 14.6. The van der Waals surface area contributed by atoms with Crippen LogP contribution in [0.4, 0.5) is 5.82 Å². The highest BCUT2D eigenvalue weighted by Crippen LogP contribution is 2.33. The lowest BCUT2D eigenvalue weighted by molar-refractivity contribution is -0.117. The largest absolute Gasteiger partial charge is 0.494 e. The van der Waals surface area contributed by atoms with E-state index in [4.69, 9.17) is 4.74 Å². The Bertz CT molecular complexity index is 905. The van der Waals surface area contributed by atoms with E-state index in [2.05, 4.69) is 15.3 Å². The van der Waals surface area contributed by atoms with Crippen LogP contribution in [0, 0.1) is 5.92 Å². The van der Waals surface area contributed by atoms with Crippen molar-refractivity contribution in [2.24, 2.45) is 5.92 Å². The molecule has 1 N–H and O–H groups in total. The lowest BCUT2D eigenvalue weighted by Crippen LogP contribution is -2.14. The van der Waals surface area contributed by atoms with Crippen molar-refractivity contribution in [2.75, 3.05) is 12.4 Å². The van der Waals surface area contributed by atoms with Crippen LogP contribution in [0.3, 0.4) is 0 Å². The van der Waals surface area contributed by atoms with E-state index in [1.54, 1.807) is 13.3 Å². The molecule has 1 fully saturated rings. The number of aromatic nitrogens is 2. The zero-order chi connectivity index (χ0) is 16.5. The normalized spacial score (nSPS) is 13.7. The first-order chi connectivity index (χ1) is 11.8. The zero-order valence-corrected chi connectivity index (χ0v) is 13.3. The van der Waals surface area contributed by atoms with Crippen LogP contribution >= 0.6 is 0 Å². The molecule has 0 aliphatic heterocycles. The molecule has 0 atom stereocenters. The number of amides is 1. The van der Waals surface area contributed by atoms with Gasteiger partial charge in [-0.3, -0.25) is 4.79 Å². The maximum Gasteiger partial charge on any atom is 0.228 e. The Kier molecular flexibility index (Phi) is 3.61. The monoisotopic (exact) mass is 319 g/mol. The van der Waals surface area contributed by atoms with Crippen LogP contribution in [0.2, 0.25) is 0 Å². The Balaban J connectivity index is 1.81. The first-order valence-corrected chi connectivity index (χ1v) is 7.96. The molecule has 0 saturated heterocycles. The van der Waals surface area contributed by atoms with Gasteiger partial charge in [-0.15, -0.1) is 0 Å². The van der Waals surface area contributed by atoms with Crippen LogP contribution in [-0.4, -0.2) is 23.0 Å². The van der Waals surface area contributed by atoms with Crippen molar-refractivity contribution in [3.8, 4) is 16.9 Å². The van der Waals surface area contributed by atoms with Crippen molar-refractivity contribution >= 4 is 22.8 Å². The van der Waals surface area contributed by atoms with Gasteiger partial charge in [0.15, 0.2) is 5.82 Å². The van der Waals surface area contributed by atoms with Gasteiger partial charge in [-0.1, -0.05) is 30.3 Å². The van der Waals surface area contributed by atoms with E-state index in [9.17, 15) is 4.79 Å². The molecule has 5 heteroatoms. The molecule has 24 heavy (non-hydrogen) atoms. The van der Waals surface area contributed by atoms with Crippen molar-refractivity contribution in [1.29, 1.82) is 0 Å². The number of hydrogen-bond donors (Lipinski definition) is 1. The highest BCUT2D eigenvalue weighted by Gasteiger charge is 2.30. The average Bonchev–Trinajstić information content (AvgIpc) is 3.46. The van der Waals surface area contributed by atoms with Crippen molar-refractivity contribution in [3.05, 3.63) is 48.7 Å². The lowest BCUT2D eigenvalue weighted by Gasteiger charge is -2.11. The third-order valence-electron chi connectivity index (χ3n) is 4.17. The Morgan fingerprint density at radius 3 is 2.62 bits per heavy atom. The van der Waals surface area contributed by atoms with E-state index in [-0.39, 0.29) is 11.8 Å². The summed E-state index contributed by atoms with van der Waals surface area (Å²) in [5.74, 6) is 1.24. The summed E-state index contributed by atoms with van der Waals surface area (Å²) in [5, 5.41) is 2.84. The highest BCUT2D eigenvalue weighted by molar-refractivity contribution is 5.97. The molecule has 0 spiro atoms. The predicted octanol–water partition coefficient (Wildman–Crippen LogP) is 3.65. The van der Waals surface area contributed by atoms with E-state index in [0.717, 1.165) is 29.5 Å². The molecule has 120 valence electrons. The van der Waals surface area contributed by atoms with Crippen LogP contribution in [0.15, 0.2) is 48.7 Å². The molecular formula is C19H17N3O2. The molecule has 1 heterocycles. The Morgan fingerprint density at radius 2 is 1.92 bits per heavy atom. The molecule has 3 aromatic rings. The van der Waals surface area contributed by atoms with Crippen molar-refractivity contribution in [2.45, 2.75) is 12.8 Å². The summed E-state index contributed by atoms with van der Waals surface area (Å²) in [6.45, 7) is 0. The fourth-order valence-corrected chi connectivity index (χ4v) is 2.72. The van der Waals surface area contributed by atoms with Crippen LogP contribution in [0.25, 0.3) is 22.2 Å². The van der Waals surface area contributed by atoms with E-state index < -0.39 is 0 Å². The minimum Gasteiger partial charge on any atom is -0.494 e. The Labute approximate surface area is 139 Å². The molecule has 1 aliphatic rings. The average molecular weight is 319 g/mol. The van der Waals surface area contributed by atoms with Crippen LogP contribution in [0.5, 0.6) is 5.75 Å². The summed E-state index contributed by atoms with van der Waals surface area (Å²) in [7, 11) is 1.61. The van der Waals surface area contributed by atoms with Gasteiger partial charge in [-0.25, -0.2) is 9.97 Å². The number of rotatable bonds is 4. The van der Waals surface area contributed by atoms with Gasteiger partial charge in [0, 0.05) is 11.5 Å². The number of nitrogens with zero attached hydrogens (tertiary/aromatic N) is 2. The summed E-state index contributed by atoms with van der Waals surface area (Å²) >= 11 is 0. The number of hydrogen-bond acceptors (Lipinski definition) is 4. The third-order valence-corrected chi connectivity index (χ3v) is 4.17. The molecule has 1 amide bonds. The number of methoxy groups -OCH3 is 1. The van der Waals surface area contributed by atoms with E-state index in [1.807, 2.05) is 42.5 Å². The molecule has 4 rings (SSSR count). The highest BCUT2D eigenvalue weighted by atomic mass is 16.5. The first-order valence-electron chi connectivity index (χ1n) is 7.96. The number of anilines is 1. The predicted molar refractivity (Wildman–Crippen MR) is 92.9 cm³/mol. The number of carbonyl (C=O) groups excluding carboxylic acids is 1. The topological polar surface area (TPSA) is 64.1 Å². The van der Waals surface area contributed by atoms with E-state index in [1.165, 1.54) is 0 Å². The maximum atomic E-state index is 11.9. The van der Waals surface area contributed by atoms with Crippen LogP contribution in [0.1, 0.15) is 12.8 Å². The SMILES string of the molecule is COc1ccc(-c2ccccc2)c2ncc(NC(=O)C3CC3)nc12. The van der Waals surface area contributed by atoms with Crippen molar-refractivity contribution in [1.82, 2.24) is 9.97 Å². The van der Waals surface area contributed by atoms with Gasteiger partial charge in [-0.05, 0) is 30.5 Å². The maximum absolute atomic E-state index is 11.9. The fourth-order valence-electron chi connectivity index (χ4n) is 2.72. The summed E-state index contributed by atoms with van der Waals surface area (Å²) in [5.41, 5.74) is 3.45. The Hall–Kier alpha value is -2.95. The van der Waals surface area contributed by atoms with E-state index in [0.29, 0.717) is 17.1 Å². The van der Waals surface area contributed by atoms with Gasteiger partial charge in [-0.2, -0.15) is 0 Å². The summed E-state index contributed by atoms with van der Waals surface area (Å²) < 4.78 is 5.42. The van der Waals surface area contributed by atoms with Crippen molar-refractivity contribution < 1.29 is 9.53 Å². The lowest BCUT2D eigenvalue weighted by atomic mass is 10.0. The number of fused-ring (bicyclic) bond motifs is 1. The molecule has 5 nitrogen and oxygen atoms in total. The smallest absolute Gasteiger partial charge is 0.228 e. The van der Waals surface area contributed by atoms with Gasteiger partial charge in [0.1, 0.15) is 16.8 Å². The number of carbonyl (C=O) groups is 1. The third kappa shape index (κ3) is 2.69. The van der Waals surface area contributed by atoms with Crippen LogP contribution < -0.4 is 10.1 Å². The molecule has 2 aromatic carbocycles. The quantitative estimate of drug-likeness (QED) is 0.797. The van der Waals surface area contributed by atoms with Gasteiger partial charge < -0.3 is 10.1 Å². The number of nitrogens with one attached hydrogen (secondary N) is 1. The Morgan fingerprint density at radius 1 is 1.12 bits per heavy atom. The summed E-state index contributed by atoms with van der Waals surface area (Å²) in [4.78, 5) is 21.0. The van der Waals surface area contributed by atoms with Gasteiger partial charge >= 0.3 is 0 Å². The minimum atomic E-state index is 0.0156. The van der Waals surface area contributed by atoms with Crippen LogP contribution in [-0.2, 0) is 4.79 Å². The molecule has 0 unspecified atom stereocenters. The number of benzene rings is 2. The van der Waals surface area contributed by atoms with Gasteiger partial charge in [0.25, 0.3) is 0 Å². The molecular weight excluding hydrogens is 302 g/mol. The molecule has 1 saturated carbocycles. The second-order valence-corrected chi connectivity index (χ2v) is 5.90. The summed E-state index contributed by atoms with van der Waals surface area (Å²) in [6, 6.07) is 13.9. The minimum absolute atomic E-state index is 0.0156. The second-order valence-electron chi connectivity index (χ2n) is 5.90. The standard InChI is InChI=1S/C19H17N3O2/c1-24-15-10-9-14(12-5-3-2-4-6-12)17-18(15)21-16(11-20-17)22-19(23)13-7-8-13/h2-6,9-11,13H,7-8H2,1H3,(H,21,22,23). The van der Waals surface area contributed by atoms with Gasteiger partial charge in [0.05, 0.1) is 13.3 Å². The fraction of sp³-hybridized carbons (Fsp3) is 0.211. The van der Waals surface area contributed by atoms with Crippen molar-refractivity contribution in [3.63, 3.8) is 0 Å². The molecule has 1 aromatic heterocycles. The van der Waals surface area contributed by atoms with Gasteiger partial charge in [0.2, 0.25) is 5.91 Å². The molecule has 0 bridgehead atoms. The van der Waals surface area contributed by atoms with E-state index >= 15 is 0 Å². The molecule has 0 radical (unpaired) electrons. The summed E-state index contributed by atoms with van der Waals surface area (Å²) in [6.07, 6.45) is 3.51. The zero-order valence-electron chi connectivity index (χ0n) is 13.3. The second kappa shape index (κ2) is 5.92. The molecule has 1 aliphatic carbocycles.